The van der Waals surface area contributed by atoms with Crippen molar-refractivity contribution in [3.63, 3.8) is 0 Å². The van der Waals surface area contributed by atoms with Crippen molar-refractivity contribution >= 4 is 17.2 Å². The number of fused-ring (bicyclic) bond motifs is 1. The number of benzene rings is 2. The summed E-state index contributed by atoms with van der Waals surface area (Å²) in [6.07, 6.45) is -0.504. The van der Waals surface area contributed by atoms with E-state index in [4.69, 9.17) is 0 Å². The minimum Gasteiger partial charge on any atom is -0.406 e. The Morgan fingerprint density at radius 2 is 1.70 bits per heavy atom. The number of hydrogen-bond donors (Lipinski definition) is 1. The van der Waals surface area contributed by atoms with Crippen LogP contribution >= 0.6 is 0 Å². The third-order valence-electron chi connectivity index (χ3n) is 6.38. The lowest BCUT2D eigenvalue weighted by Gasteiger charge is -2.25. The maximum absolute atomic E-state index is 12.5. The van der Waals surface area contributed by atoms with Crippen LogP contribution in [0.25, 0.3) is 11.1 Å². The van der Waals surface area contributed by atoms with E-state index in [0.29, 0.717) is 12.6 Å². The number of Topliss-reactive ketones (excluding diaryl/α,β-unsaturated/α-hetero) is 1. The number of nitrogens with zero attached hydrogens (tertiary/aromatic N) is 2. The van der Waals surface area contributed by atoms with Crippen molar-refractivity contribution in [3.8, 4) is 16.9 Å². The number of unbranched alkanes of at least 4 members (excludes halogenated alkanes) is 1. The summed E-state index contributed by atoms with van der Waals surface area (Å²) in [6.45, 7) is 8.83. The number of aliphatic hydroxyl groups excluding tert-OH is 1. The van der Waals surface area contributed by atoms with Crippen molar-refractivity contribution in [2.24, 2.45) is 0 Å². The van der Waals surface area contributed by atoms with Gasteiger partial charge < -0.3 is 19.6 Å². The molecule has 204 valence electrons. The fraction of sp³-hybridized carbons (Fsp3) is 0.464. The molecule has 5 nitrogen and oxygen atoms in total. The molecule has 9 heteroatoms. The van der Waals surface area contributed by atoms with Crippen molar-refractivity contribution < 1.29 is 32.2 Å². The van der Waals surface area contributed by atoms with Crippen LogP contribution in [0.4, 0.5) is 28.9 Å². The number of ketones is 1. The molecule has 0 aromatic heterocycles. The minimum atomic E-state index is -4.71. The van der Waals surface area contributed by atoms with Gasteiger partial charge in [-0.15, -0.1) is 13.2 Å². The largest absolute Gasteiger partial charge is 0.573 e. The van der Waals surface area contributed by atoms with Gasteiger partial charge in [-0.2, -0.15) is 0 Å². The Morgan fingerprint density at radius 3 is 2.16 bits per heavy atom. The standard InChI is InChI=1S/C24H31F3N2O2.C4H5FO/c1-5-7-8-16(6-2)19-13-20(17-9-11-18(12-10-17)31-24(25,26)27)22-23(21(19)14-30)29(4)15-28(22)3;1-3(5)4(2)6/h9-13,16,30H,5-8,14-15H2,1-4H3;1H2,2H3. The first kappa shape index (κ1) is 30.2. The number of rotatable bonds is 9. The molecule has 0 bridgehead atoms. The molecule has 0 radical (unpaired) electrons. The number of aliphatic hydroxyl groups is 1. The maximum Gasteiger partial charge on any atom is 0.573 e. The number of alkyl halides is 3. The van der Waals surface area contributed by atoms with Crippen LogP contribution in [0, 0.1) is 0 Å². The Morgan fingerprint density at radius 1 is 1.14 bits per heavy atom. The van der Waals surface area contributed by atoms with E-state index in [2.05, 4.69) is 41.0 Å². The second-order valence-corrected chi connectivity index (χ2v) is 9.17. The topological polar surface area (TPSA) is 53.0 Å². The van der Waals surface area contributed by atoms with E-state index in [-0.39, 0.29) is 12.4 Å². The van der Waals surface area contributed by atoms with E-state index in [1.165, 1.54) is 12.1 Å². The lowest BCUT2D eigenvalue weighted by molar-refractivity contribution is -0.274. The summed E-state index contributed by atoms with van der Waals surface area (Å²) in [7, 11) is 3.99. The average Bonchev–Trinajstić information content (AvgIpc) is 3.12. The molecule has 1 aliphatic rings. The number of ether oxygens (including phenoxy) is 1. The van der Waals surface area contributed by atoms with Gasteiger partial charge in [-0.3, -0.25) is 4.79 Å². The Kier molecular flexibility index (Phi) is 10.5. The van der Waals surface area contributed by atoms with Crippen LogP contribution in [-0.2, 0) is 11.4 Å². The van der Waals surface area contributed by atoms with E-state index in [0.717, 1.165) is 66.2 Å². The Hall–Kier alpha value is -3.07. The fourth-order valence-corrected chi connectivity index (χ4v) is 4.59. The molecule has 0 aliphatic carbocycles. The first-order valence-corrected chi connectivity index (χ1v) is 12.3. The quantitative estimate of drug-likeness (QED) is 0.275. The molecule has 2 aromatic carbocycles. The summed E-state index contributed by atoms with van der Waals surface area (Å²) in [5, 5.41) is 10.3. The van der Waals surface area contributed by atoms with E-state index < -0.39 is 18.0 Å². The van der Waals surface area contributed by atoms with Gasteiger partial charge in [0.25, 0.3) is 0 Å². The van der Waals surface area contributed by atoms with Gasteiger partial charge in [-0.25, -0.2) is 4.39 Å². The maximum atomic E-state index is 12.5. The van der Waals surface area contributed by atoms with Crippen LogP contribution < -0.4 is 14.5 Å². The molecule has 1 atom stereocenters. The van der Waals surface area contributed by atoms with Crippen LogP contribution in [0.3, 0.4) is 0 Å². The minimum absolute atomic E-state index is 0.0445. The predicted octanol–water partition coefficient (Wildman–Crippen LogP) is 7.33. The second kappa shape index (κ2) is 12.9. The van der Waals surface area contributed by atoms with Crippen LogP contribution in [0.1, 0.15) is 63.5 Å². The molecular weight excluding hydrogens is 488 g/mol. The summed E-state index contributed by atoms with van der Waals surface area (Å²) < 4.78 is 53.0. The molecule has 2 aromatic rings. The molecule has 0 saturated heterocycles. The first-order chi connectivity index (χ1) is 17.3. The van der Waals surface area contributed by atoms with Crippen LogP contribution in [0.2, 0.25) is 0 Å². The Balaban J connectivity index is 0.000000717. The van der Waals surface area contributed by atoms with Crippen LogP contribution in [-0.4, -0.2) is 38.0 Å². The zero-order valence-electron chi connectivity index (χ0n) is 22.1. The van der Waals surface area contributed by atoms with Crippen molar-refractivity contribution in [1.82, 2.24) is 0 Å². The van der Waals surface area contributed by atoms with Gasteiger partial charge in [0.2, 0.25) is 0 Å². The molecular formula is C28H36F4N2O3. The molecule has 0 spiro atoms. The molecule has 1 heterocycles. The van der Waals surface area contributed by atoms with E-state index >= 15 is 0 Å². The van der Waals surface area contributed by atoms with Gasteiger partial charge in [0.05, 0.1) is 24.7 Å². The lowest BCUT2D eigenvalue weighted by atomic mass is 9.84. The highest BCUT2D eigenvalue weighted by Crippen LogP contribution is 2.48. The summed E-state index contributed by atoms with van der Waals surface area (Å²) in [5.74, 6) is -1.40. The number of allylic oxidation sites excluding steroid dienone is 1. The molecule has 1 N–H and O–H groups in total. The van der Waals surface area contributed by atoms with Gasteiger partial charge in [-0.1, -0.05) is 45.4 Å². The molecule has 1 aliphatic heterocycles. The van der Waals surface area contributed by atoms with E-state index in [1.807, 2.05) is 14.1 Å². The number of carbonyl (C=O) groups excluding carboxylic acids is 1. The summed E-state index contributed by atoms with van der Waals surface area (Å²) in [5.41, 5.74) is 5.86. The highest BCUT2D eigenvalue weighted by molar-refractivity contribution is 5.94. The van der Waals surface area contributed by atoms with Crippen LogP contribution in [0.15, 0.2) is 42.7 Å². The Bertz CT molecular complexity index is 1070. The first-order valence-electron chi connectivity index (χ1n) is 12.3. The van der Waals surface area contributed by atoms with Crippen LogP contribution in [0.5, 0.6) is 5.75 Å². The van der Waals surface area contributed by atoms with Crippen molar-refractivity contribution in [3.05, 3.63) is 53.9 Å². The normalized spacial score (nSPS) is 13.6. The molecule has 1 unspecified atom stereocenters. The monoisotopic (exact) mass is 524 g/mol. The number of anilines is 2. The third-order valence-corrected chi connectivity index (χ3v) is 6.38. The number of carbonyl (C=O) groups is 1. The molecule has 3 rings (SSSR count). The average molecular weight is 525 g/mol. The predicted molar refractivity (Wildman–Crippen MR) is 140 cm³/mol. The summed E-state index contributed by atoms with van der Waals surface area (Å²) in [6, 6.07) is 8.16. The van der Waals surface area contributed by atoms with Crippen molar-refractivity contribution in [1.29, 1.82) is 0 Å². The second-order valence-electron chi connectivity index (χ2n) is 9.17. The van der Waals surface area contributed by atoms with Crippen molar-refractivity contribution in [2.45, 2.75) is 65.3 Å². The smallest absolute Gasteiger partial charge is 0.406 e. The van der Waals surface area contributed by atoms with Gasteiger partial charge in [-0.05, 0) is 48.1 Å². The van der Waals surface area contributed by atoms with Crippen molar-refractivity contribution in [2.75, 3.05) is 30.6 Å². The zero-order valence-corrected chi connectivity index (χ0v) is 22.1. The third kappa shape index (κ3) is 7.71. The highest BCUT2D eigenvalue weighted by atomic mass is 19.4. The van der Waals surface area contributed by atoms with E-state index in [1.54, 1.807) is 12.1 Å². The van der Waals surface area contributed by atoms with Gasteiger partial charge in [0.15, 0.2) is 11.6 Å². The Labute approximate surface area is 216 Å². The van der Waals surface area contributed by atoms with Gasteiger partial charge >= 0.3 is 6.36 Å². The lowest BCUT2D eigenvalue weighted by Crippen LogP contribution is -2.24. The SMILES string of the molecule is C=C(F)C(C)=O.CCCCC(CC)c1cc(-c2ccc(OC(F)(F)F)cc2)c2c(c1CO)N(C)CN2C. The number of halogens is 4. The molecule has 0 saturated carbocycles. The molecule has 0 amide bonds. The molecule has 0 fully saturated rings. The van der Waals surface area contributed by atoms with Gasteiger partial charge in [0, 0.05) is 32.1 Å². The highest BCUT2D eigenvalue weighted by Gasteiger charge is 2.32. The summed E-state index contributed by atoms with van der Waals surface area (Å²) >= 11 is 0. The van der Waals surface area contributed by atoms with E-state index in [9.17, 15) is 27.5 Å². The van der Waals surface area contributed by atoms with Gasteiger partial charge in [0.1, 0.15) is 5.75 Å². The summed E-state index contributed by atoms with van der Waals surface area (Å²) in [4.78, 5) is 13.9. The fourth-order valence-electron chi connectivity index (χ4n) is 4.59. The molecule has 37 heavy (non-hydrogen) atoms. The zero-order chi connectivity index (χ0) is 27.9. The number of hydrogen-bond acceptors (Lipinski definition) is 5.